The molecule has 3 nitrogen and oxygen atoms in total. The third-order valence-electron chi connectivity index (χ3n) is 2.09. The first-order chi connectivity index (χ1) is 7.20. The van der Waals surface area contributed by atoms with Gasteiger partial charge < -0.3 is 0 Å². The Bertz CT molecular complexity index is 505. The first-order valence-electron chi connectivity index (χ1n) is 4.54. The lowest BCUT2D eigenvalue weighted by Gasteiger charge is -2.01. The van der Waals surface area contributed by atoms with E-state index in [0.717, 1.165) is 23.1 Å². The maximum absolute atomic E-state index is 10.7. The molecule has 0 N–H and O–H groups in total. The van der Waals surface area contributed by atoms with Crippen molar-refractivity contribution in [2.24, 2.45) is 0 Å². The number of thiophene rings is 1. The predicted octanol–water partition coefficient (Wildman–Crippen LogP) is 2.63. The van der Waals surface area contributed by atoms with E-state index >= 15 is 0 Å². The molecule has 4 heteroatoms. The van der Waals surface area contributed by atoms with Crippen LogP contribution in [0.5, 0.6) is 0 Å². The molecule has 2 aromatic rings. The molecule has 0 saturated heterocycles. The van der Waals surface area contributed by atoms with Gasteiger partial charge >= 0.3 is 0 Å². The van der Waals surface area contributed by atoms with E-state index in [4.69, 9.17) is 0 Å². The van der Waals surface area contributed by atoms with Crippen molar-refractivity contribution in [3.63, 3.8) is 0 Å². The highest BCUT2D eigenvalue weighted by Gasteiger charge is 2.07. The minimum absolute atomic E-state index is 0.433. The number of nitrogens with zero attached hydrogens (tertiary/aromatic N) is 2. The van der Waals surface area contributed by atoms with E-state index in [9.17, 15) is 4.79 Å². The summed E-state index contributed by atoms with van der Waals surface area (Å²) in [7, 11) is 0. The molecule has 0 radical (unpaired) electrons. The van der Waals surface area contributed by atoms with Gasteiger partial charge in [0, 0.05) is 16.6 Å². The highest BCUT2D eigenvalue weighted by molar-refractivity contribution is 7.08. The normalized spacial score (nSPS) is 10.3. The maximum Gasteiger partial charge on any atom is 0.168 e. The summed E-state index contributed by atoms with van der Waals surface area (Å²) in [5.41, 5.74) is 3.39. The van der Waals surface area contributed by atoms with Gasteiger partial charge in [0.15, 0.2) is 12.1 Å². The van der Waals surface area contributed by atoms with E-state index in [1.165, 1.54) is 0 Å². The lowest BCUT2D eigenvalue weighted by atomic mass is 10.2. The second-order valence-electron chi connectivity index (χ2n) is 3.34. The smallest absolute Gasteiger partial charge is 0.168 e. The van der Waals surface area contributed by atoms with E-state index in [-0.39, 0.29) is 0 Å². The van der Waals surface area contributed by atoms with Gasteiger partial charge in [0.25, 0.3) is 0 Å². The summed E-state index contributed by atoms with van der Waals surface area (Å²) < 4.78 is 0. The van der Waals surface area contributed by atoms with Gasteiger partial charge in [-0.05, 0) is 30.9 Å². The fourth-order valence-corrected chi connectivity index (χ4v) is 2.19. The Morgan fingerprint density at radius 2 is 2.07 bits per heavy atom. The summed E-state index contributed by atoms with van der Waals surface area (Å²) in [4.78, 5) is 19.2. The Labute approximate surface area is 91.8 Å². The quantitative estimate of drug-likeness (QED) is 0.728. The lowest BCUT2D eigenvalue weighted by molar-refractivity contribution is 0.111. The highest BCUT2D eigenvalue weighted by atomic mass is 32.1. The Balaban J connectivity index is 2.58. The monoisotopic (exact) mass is 218 g/mol. The van der Waals surface area contributed by atoms with Crippen molar-refractivity contribution < 1.29 is 4.79 Å². The first kappa shape index (κ1) is 9.98. The predicted molar refractivity (Wildman–Crippen MR) is 60.2 cm³/mol. The van der Waals surface area contributed by atoms with Crippen molar-refractivity contribution in [2.75, 3.05) is 0 Å². The average Bonchev–Trinajstić information content (AvgIpc) is 2.63. The molecule has 0 aliphatic carbocycles. The highest BCUT2D eigenvalue weighted by Crippen LogP contribution is 2.23. The van der Waals surface area contributed by atoms with Crippen LogP contribution in [0.4, 0.5) is 0 Å². The third kappa shape index (κ3) is 1.94. The number of hydrogen-bond acceptors (Lipinski definition) is 4. The van der Waals surface area contributed by atoms with Gasteiger partial charge in [-0.25, -0.2) is 9.97 Å². The molecule has 0 unspecified atom stereocenters. The Hall–Kier alpha value is -1.55. The molecule has 0 aliphatic rings. The summed E-state index contributed by atoms with van der Waals surface area (Å²) in [5.74, 6) is 0.635. The maximum atomic E-state index is 10.7. The number of carbonyl (C=O) groups excluding carboxylic acids is 1. The second kappa shape index (κ2) is 3.90. The van der Waals surface area contributed by atoms with Gasteiger partial charge in [-0.3, -0.25) is 4.79 Å². The summed E-state index contributed by atoms with van der Waals surface area (Å²) in [6, 6.07) is 1.68. The number of hydrogen-bond donors (Lipinski definition) is 0. The molecule has 0 bridgehead atoms. The van der Waals surface area contributed by atoms with Crippen LogP contribution in [-0.2, 0) is 0 Å². The molecule has 76 valence electrons. The van der Waals surface area contributed by atoms with Crippen LogP contribution >= 0.6 is 11.3 Å². The fourth-order valence-electron chi connectivity index (χ4n) is 1.36. The van der Waals surface area contributed by atoms with Crippen LogP contribution in [-0.4, -0.2) is 16.3 Å². The molecule has 2 aromatic heterocycles. The van der Waals surface area contributed by atoms with Crippen molar-refractivity contribution >= 4 is 17.6 Å². The zero-order valence-corrected chi connectivity index (χ0v) is 9.34. The van der Waals surface area contributed by atoms with Gasteiger partial charge in [-0.15, -0.1) is 0 Å². The van der Waals surface area contributed by atoms with Gasteiger partial charge in [0.1, 0.15) is 5.69 Å². The van der Waals surface area contributed by atoms with Crippen molar-refractivity contribution in [1.82, 2.24) is 9.97 Å². The van der Waals surface area contributed by atoms with Crippen molar-refractivity contribution in [2.45, 2.75) is 13.8 Å². The topological polar surface area (TPSA) is 42.9 Å². The van der Waals surface area contributed by atoms with Crippen LogP contribution < -0.4 is 0 Å². The Kier molecular flexibility index (Phi) is 2.60. The SMILES string of the molecule is Cc1cc(C=O)nc(-c2cscc2C)n1. The molecule has 0 aromatic carbocycles. The number of carbonyl (C=O) groups is 1. The minimum Gasteiger partial charge on any atom is -0.296 e. The standard InChI is InChI=1S/C11H10N2OS/c1-7-5-15-6-10(7)11-12-8(2)3-9(4-14)13-11/h3-6H,1-2H3. The van der Waals surface area contributed by atoms with Crippen LogP contribution in [0, 0.1) is 13.8 Å². The average molecular weight is 218 g/mol. The Morgan fingerprint density at radius 1 is 1.27 bits per heavy atom. The summed E-state index contributed by atoms with van der Waals surface area (Å²) >= 11 is 1.61. The number of aromatic nitrogens is 2. The molecule has 2 rings (SSSR count). The van der Waals surface area contributed by atoms with E-state index < -0.39 is 0 Å². The summed E-state index contributed by atoms with van der Waals surface area (Å²) in [5, 5.41) is 4.04. The van der Waals surface area contributed by atoms with Crippen molar-refractivity contribution in [3.8, 4) is 11.4 Å². The number of aryl methyl sites for hydroxylation is 2. The van der Waals surface area contributed by atoms with E-state index in [2.05, 4.69) is 9.97 Å². The lowest BCUT2D eigenvalue weighted by Crippen LogP contribution is -1.96. The van der Waals surface area contributed by atoms with E-state index in [0.29, 0.717) is 11.5 Å². The molecule has 0 aliphatic heterocycles. The van der Waals surface area contributed by atoms with Gasteiger partial charge in [-0.1, -0.05) is 0 Å². The number of rotatable bonds is 2. The van der Waals surface area contributed by atoms with E-state index in [1.54, 1.807) is 17.4 Å². The number of aldehydes is 1. The molecule has 15 heavy (non-hydrogen) atoms. The van der Waals surface area contributed by atoms with Crippen molar-refractivity contribution in [3.05, 3.63) is 33.8 Å². The van der Waals surface area contributed by atoms with Gasteiger partial charge in [0.05, 0.1) is 0 Å². The fraction of sp³-hybridized carbons (Fsp3) is 0.182. The van der Waals surface area contributed by atoms with Crippen LogP contribution in [0.15, 0.2) is 16.8 Å². The zero-order chi connectivity index (χ0) is 10.8. The molecular formula is C11H10N2OS. The minimum atomic E-state index is 0.433. The van der Waals surface area contributed by atoms with Crippen LogP contribution in [0.2, 0.25) is 0 Å². The molecule has 0 atom stereocenters. The van der Waals surface area contributed by atoms with Crippen LogP contribution in [0.1, 0.15) is 21.7 Å². The van der Waals surface area contributed by atoms with Crippen LogP contribution in [0.25, 0.3) is 11.4 Å². The summed E-state index contributed by atoms with van der Waals surface area (Å²) in [6.45, 7) is 3.87. The first-order valence-corrected chi connectivity index (χ1v) is 5.49. The molecule has 0 fully saturated rings. The molecule has 2 heterocycles. The second-order valence-corrected chi connectivity index (χ2v) is 4.09. The van der Waals surface area contributed by atoms with Crippen molar-refractivity contribution in [1.29, 1.82) is 0 Å². The van der Waals surface area contributed by atoms with Crippen LogP contribution in [0.3, 0.4) is 0 Å². The largest absolute Gasteiger partial charge is 0.296 e. The van der Waals surface area contributed by atoms with Gasteiger partial charge in [-0.2, -0.15) is 11.3 Å². The van der Waals surface area contributed by atoms with E-state index in [1.807, 2.05) is 24.6 Å². The molecule has 0 amide bonds. The molecular weight excluding hydrogens is 208 g/mol. The molecule has 0 saturated carbocycles. The molecule has 0 spiro atoms. The Morgan fingerprint density at radius 3 is 2.67 bits per heavy atom. The summed E-state index contributed by atoms with van der Waals surface area (Å²) in [6.07, 6.45) is 0.750. The third-order valence-corrected chi connectivity index (χ3v) is 2.95. The van der Waals surface area contributed by atoms with Gasteiger partial charge in [0.2, 0.25) is 0 Å². The zero-order valence-electron chi connectivity index (χ0n) is 8.52.